The van der Waals surface area contributed by atoms with E-state index >= 15 is 0 Å². The normalized spacial score (nSPS) is 36.5. The van der Waals surface area contributed by atoms with Gasteiger partial charge in [-0.1, -0.05) is 6.92 Å². The third-order valence-corrected chi connectivity index (χ3v) is 4.51. The van der Waals surface area contributed by atoms with Crippen LogP contribution >= 0.6 is 11.3 Å². The van der Waals surface area contributed by atoms with Crippen molar-refractivity contribution in [2.24, 2.45) is 17.6 Å². The van der Waals surface area contributed by atoms with Crippen LogP contribution in [0.2, 0.25) is 0 Å². The Bertz CT molecular complexity index is 328. The zero-order chi connectivity index (χ0) is 11.7. The number of thiazole rings is 1. The first kappa shape index (κ1) is 12.0. The average molecular weight is 240 g/mol. The minimum Gasteiger partial charge on any atom is -0.375 e. The van der Waals surface area contributed by atoms with Crippen molar-refractivity contribution in [3.8, 4) is 0 Å². The van der Waals surface area contributed by atoms with Gasteiger partial charge in [-0.2, -0.15) is 0 Å². The molecule has 0 amide bonds. The maximum Gasteiger partial charge on any atom is 0.0940 e. The number of hydrogen-bond acceptors (Lipinski definition) is 4. The van der Waals surface area contributed by atoms with Crippen LogP contribution in [0.5, 0.6) is 0 Å². The summed E-state index contributed by atoms with van der Waals surface area (Å²) >= 11 is 1.68. The molecule has 2 heterocycles. The quantitative estimate of drug-likeness (QED) is 0.880. The lowest BCUT2D eigenvalue weighted by atomic mass is 9.83. The first-order valence-corrected chi connectivity index (χ1v) is 6.77. The van der Waals surface area contributed by atoms with Crippen molar-refractivity contribution in [3.05, 3.63) is 16.6 Å². The number of nitrogens with zero attached hydrogens (tertiary/aromatic N) is 1. The summed E-state index contributed by atoms with van der Waals surface area (Å²) in [6.45, 7) is 6.50. The first-order chi connectivity index (χ1) is 7.59. The van der Waals surface area contributed by atoms with Gasteiger partial charge in [0.05, 0.1) is 17.2 Å². The van der Waals surface area contributed by atoms with Crippen LogP contribution in [0.15, 0.2) is 11.6 Å². The van der Waals surface area contributed by atoms with E-state index < -0.39 is 0 Å². The van der Waals surface area contributed by atoms with Crippen LogP contribution in [0.25, 0.3) is 0 Å². The van der Waals surface area contributed by atoms with Gasteiger partial charge in [0, 0.05) is 30.0 Å². The van der Waals surface area contributed by atoms with Gasteiger partial charge < -0.3 is 10.5 Å². The predicted octanol–water partition coefficient (Wildman–Crippen LogP) is 2.07. The van der Waals surface area contributed by atoms with E-state index in [1.165, 1.54) is 0 Å². The first-order valence-electron chi connectivity index (χ1n) is 5.89. The summed E-state index contributed by atoms with van der Waals surface area (Å²) in [5, 5.41) is 3.13. The predicted molar refractivity (Wildman–Crippen MR) is 66.5 cm³/mol. The number of rotatable bonds is 3. The highest BCUT2D eigenvalue weighted by atomic mass is 32.1. The number of aromatic nitrogens is 1. The monoisotopic (exact) mass is 240 g/mol. The van der Waals surface area contributed by atoms with Crippen molar-refractivity contribution in [1.29, 1.82) is 0 Å². The van der Waals surface area contributed by atoms with Crippen LogP contribution in [0.4, 0.5) is 0 Å². The highest BCUT2D eigenvalue weighted by Gasteiger charge is 2.40. The van der Waals surface area contributed by atoms with Crippen molar-refractivity contribution >= 4 is 11.3 Å². The number of nitrogens with two attached hydrogens (primary N) is 1. The van der Waals surface area contributed by atoms with E-state index in [0.29, 0.717) is 17.9 Å². The van der Waals surface area contributed by atoms with Crippen molar-refractivity contribution in [1.82, 2.24) is 4.98 Å². The van der Waals surface area contributed by atoms with E-state index in [4.69, 9.17) is 10.5 Å². The minimum atomic E-state index is 0.154. The maximum atomic E-state index is 6.30. The van der Waals surface area contributed by atoms with Gasteiger partial charge in [0.1, 0.15) is 0 Å². The van der Waals surface area contributed by atoms with Gasteiger partial charge in [0.2, 0.25) is 0 Å². The lowest BCUT2D eigenvalue weighted by Crippen LogP contribution is -2.39. The molecule has 2 N–H and O–H groups in total. The van der Waals surface area contributed by atoms with Crippen LogP contribution in [0.3, 0.4) is 0 Å². The molecule has 3 nitrogen and oxygen atoms in total. The molecule has 5 atom stereocenters. The summed E-state index contributed by atoms with van der Waals surface area (Å²) in [7, 11) is 0. The Kier molecular flexibility index (Phi) is 3.62. The van der Waals surface area contributed by atoms with Crippen LogP contribution in [-0.2, 0) is 11.2 Å². The molecule has 4 heteroatoms. The molecule has 1 aromatic rings. The summed E-state index contributed by atoms with van der Waals surface area (Å²) < 4.78 is 5.83. The summed E-state index contributed by atoms with van der Waals surface area (Å²) in [5.41, 5.74) is 6.30. The SMILES string of the molecule is CC1OC(C)C(C(N)Cc2nccs2)C1C. The molecular formula is C12H20N2OS. The van der Waals surface area contributed by atoms with E-state index in [9.17, 15) is 0 Å². The largest absolute Gasteiger partial charge is 0.375 e. The molecule has 2 rings (SSSR count). The van der Waals surface area contributed by atoms with Gasteiger partial charge in [-0.3, -0.25) is 0 Å². The molecule has 0 aromatic carbocycles. The van der Waals surface area contributed by atoms with E-state index in [0.717, 1.165) is 11.4 Å². The third-order valence-electron chi connectivity index (χ3n) is 3.71. The van der Waals surface area contributed by atoms with Crippen molar-refractivity contribution in [2.45, 2.75) is 45.4 Å². The minimum absolute atomic E-state index is 0.154. The molecule has 0 saturated carbocycles. The van der Waals surface area contributed by atoms with Gasteiger partial charge in [-0.15, -0.1) is 11.3 Å². The lowest BCUT2D eigenvalue weighted by molar-refractivity contribution is 0.0490. The molecule has 1 fully saturated rings. The smallest absolute Gasteiger partial charge is 0.0940 e. The molecule has 1 aliphatic rings. The number of ether oxygens (including phenoxy) is 1. The zero-order valence-corrected chi connectivity index (χ0v) is 10.9. The molecule has 0 aliphatic carbocycles. The fraction of sp³-hybridized carbons (Fsp3) is 0.750. The molecular weight excluding hydrogens is 220 g/mol. The molecule has 1 aliphatic heterocycles. The second-order valence-corrected chi connectivity index (χ2v) is 5.76. The Morgan fingerprint density at radius 2 is 2.19 bits per heavy atom. The second kappa shape index (κ2) is 4.82. The van der Waals surface area contributed by atoms with Gasteiger partial charge in [0.15, 0.2) is 0 Å². The molecule has 0 spiro atoms. The van der Waals surface area contributed by atoms with E-state index in [-0.39, 0.29) is 12.1 Å². The molecule has 1 aromatic heterocycles. The fourth-order valence-electron chi connectivity index (χ4n) is 2.72. The third kappa shape index (κ3) is 2.29. The Labute approximate surface area is 101 Å². The topological polar surface area (TPSA) is 48.1 Å². The Morgan fingerprint density at radius 3 is 2.69 bits per heavy atom. The Hall–Kier alpha value is -0.450. The maximum absolute atomic E-state index is 6.30. The lowest BCUT2D eigenvalue weighted by Gasteiger charge is -2.24. The number of hydrogen-bond donors (Lipinski definition) is 1. The average Bonchev–Trinajstić information content (AvgIpc) is 2.77. The second-order valence-electron chi connectivity index (χ2n) is 4.78. The van der Waals surface area contributed by atoms with Crippen LogP contribution in [-0.4, -0.2) is 23.2 Å². The summed E-state index contributed by atoms with van der Waals surface area (Å²) in [6.07, 6.45) is 3.29. The molecule has 16 heavy (non-hydrogen) atoms. The Morgan fingerprint density at radius 1 is 1.44 bits per heavy atom. The molecule has 1 saturated heterocycles. The molecule has 5 unspecified atom stereocenters. The van der Waals surface area contributed by atoms with E-state index in [1.807, 2.05) is 11.6 Å². The van der Waals surface area contributed by atoms with Crippen molar-refractivity contribution in [2.75, 3.05) is 0 Å². The summed E-state index contributed by atoms with van der Waals surface area (Å²) in [4.78, 5) is 4.29. The molecule has 90 valence electrons. The summed E-state index contributed by atoms with van der Waals surface area (Å²) in [6, 6.07) is 0.154. The highest BCUT2D eigenvalue weighted by Crippen LogP contribution is 2.34. The van der Waals surface area contributed by atoms with Gasteiger partial charge in [0.25, 0.3) is 0 Å². The van der Waals surface area contributed by atoms with E-state index in [2.05, 4.69) is 25.8 Å². The van der Waals surface area contributed by atoms with E-state index in [1.54, 1.807) is 11.3 Å². The summed E-state index contributed by atoms with van der Waals surface area (Å²) in [5.74, 6) is 0.976. The Balaban J connectivity index is 2.01. The van der Waals surface area contributed by atoms with Gasteiger partial charge >= 0.3 is 0 Å². The van der Waals surface area contributed by atoms with Crippen molar-refractivity contribution in [3.63, 3.8) is 0 Å². The molecule has 0 bridgehead atoms. The van der Waals surface area contributed by atoms with Crippen LogP contribution in [0, 0.1) is 11.8 Å². The van der Waals surface area contributed by atoms with Crippen LogP contribution in [0.1, 0.15) is 25.8 Å². The molecule has 0 radical (unpaired) electrons. The standard InChI is InChI=1S/C12H20N2OS/c1-7-8(2)15-9(3)12(7)10(13)6-11-14-4-5-16-11/h4-5,7-10,12H,6,13H2,1-3H3. The fourth-order valence-corrected chi connectivity index (χ4v) is 3.41. The van der Waals surface area contributed by atoms with Gasteiger partial charge in [-0.05, 0) is 19.8 Å². The highest BCUT2D eigenvalue weighted by molar-refractivity contribution is 7.09. The van der Waals surface area contributed by atoms with Gasteiger partial charge in [-0.25, -0.2) is 4.98 Å². The van der Waals surface area contributed by atoms with Crippen LogP contribution < -0.4 is 5.73 Å². The van der Waals surface area contributed by atoms with Crippen molar-refractivity contribution < 1.29 is 4.74 Å². The zero-order valence-electron chi connectivity index (χ0n) is 10.1.